The van der Waals surface area contributed by atoms with E-state index in [9.17, 15) is 28.8 Å². The molecule has 104 heavy (non-hydrogen) atoms. The van der Waals surface area contributed by atoms with Crippen LogP contribution in [0.4, 0.5) is 17.5 Å². The minimum Gasteiger partial charge on any atom is -0.456 e. The first kappa shape index (κ1) is 69.7. The molecule has 6 aromatic heterocycles. The molecule has 3 saturated heterocycles. The maximum Gasteiger partial charge on any atom is 0.298 e. The van der Waals surface area contributed by atoms with Gasteiger partial charge in [-0.25, -0.2) is 14.0 Å². The number of carbonyl (C=O) groups is 6. The Labute approximate surface area is 599 Å². The smallest absolute Gasteiger partial charge is 0.298 e. The predicted octanol–water partition coefficient (Wildman–Crippen LogP) is 9.15. The molecule has 3 aliphatic carbocycles. The number of nitrogens with zero attached hydrogens (tertiary/aromatic N) is 12. The number of hydrogen-bond donors (Lipinski definition) is 6. The van der Waals surface area contributed by atoms with Gasteiger partial charge >= 0.3 is 0 Å². The Morgan fingerprint density at radius 2 is 0.721 bits per heavy atom. The average Bonchev–Trinajstić information content (AvgIpc) is 1.60. The molecule has 6 amide bonds. The zero-order valence-electron chi connectivity index (χ0n) is 57.5. The molecular weight excluding hydrogens is 1320 g/mol. The van der Waals surface area contributed by atoms with Crippen LogP contribution in [0.1, 0.15) is 121 Å². The summed E-state index contributed by atoms with van der Waals surface area (Å²) in [4.78, 5) is 91.8. The summed E-state index contributed by atoms with van der Waals surface area (Å²) in [5, 5.41) is 14.0. The second-order valence-electron chi connectivity index (χ2n) is 27.2. The second-order valence-corrected chi connectivity index (χ2v) is 27.2. The lowest BCUT2D eigenvalue weighted by atomic mass is 9.65. The van der Waals surface area contributed by atoms with Crippen molar-refractivity contribution in [2.75, 3.05) is 56.5 Å². The highest BCUT2D eigenvalue weighted by Gasteiger charge is 2.54. The van der Waals surface area contributed by atoms with Gasteiger partial charge in [0.15, 0.2) is 0 Å². The van der Waals surface area contributed by atoms with Crippen LogP contribution in [-0.4, -0.2) is 134 Å². The number of para-hydroxylation sites is 3. The van der Waals surface area contributed by atoms with Crippen LogP contribution in [0.15, 0.2) is 159 Å². The number of primary amides is 3. The van der Waals surface area contributed by atoms with Gasteiger partial charge in [0, 0.05) is 39.3 Å². The molecule has 9 heterocycles. The normalized spacial score (nSPS) is 20.9. The van der Waals surface area contributed by atoms with E-state index in [-0.39, 0.29) is 86.2 Å². The van der Waals surface area contributed by atoms with Crippen molar-refractivity contribution in [2.45, 2.75) is 89.8 Å². The molecule has 0 bridgehead atoms. The largest absolute Gasteiger partial charge is 0.456 e. The Hall–Kier alpha value is -12.8. The molecule has 3 aromatic carbocycles. The van der Waals surface area contributed by atoms with E-state index < -0.39 is 17.7 Å². The van der Waals surface area contributed by atoms with E-state index in [1.807, 2.05) is 106 Å². The number of nitrogens with two attached hydrogens (primary N) is 6. The van der Waals surface area contributed by atoms with Crippen LogP contribution in [0, 0.1) is 39.9 Å². The molecule has 0 unspecified atom stereocenters. The van der Waals surface area contributed by atoms with Crippen LogP contribution < -0.4 is 48.6 Å². The first-order valence-corrected chi connectivity index (χ1v) is 34.1. The zero-order chi connectivity index (χ0) is 73.0. The van der Waals surface area contributed by atoms with Gasteiger partial charge < -0.3 is 63.3 Å². The number of nitrogen functional groups attached to an aromatic ring is 3. The number of amides is 6. The van der Waals surface area contributed by atoms with E-state index in [1.165, 1.54) is 6.08 Å². The first-order chi connectivity index (χ1) is 50.2. The molecule has 9 aromatic rings. The summed E-state index contributed by atoms with van der Waals surface area (Å²) in [5.74, 6) is 12.8. The quantitative estimate of drug-likeness (QED) is 0.0387. The summed E-state index contributed by atoms with van der Waals surface area (Å²) in [5.41, 5.74) is 39.2. The van der Waals surface area contributed by atoms with E-state index in [0.717, 1.165) is 64.3 Å². The SMILES string of the molecule is C=CC(=O)N1CCC2(CC(n3nc(-c4ccc(Oc5ccccc5)cn4)c(C(N)=O)c3N)C2)C1.CC#CC(=O)N1CCC2(CC(n3nc(-c4ccc(Oc5ccccc5)cn4)c(C(N)=O)c3N)C2)C1.CC#CC(=O)N1CCC2(CC(n3nc(-c4ccc(Oc5ccccc5)cn4)c(C(N)=O)c3N)C2)C1. The van der Waals surface area contributed by atoms with Gasteiger partial charge in [-0.1, -0.05) is 73.0 Å². The van der Waals surface area contributed by atoms with Gasteiger partial charge in [-0.3, -0.25) is 43.7 Å². The number of hydrogen-bond acceptors (Lipinski definition) is 18. The van der Waals surface area contributed by atoms with E-state index in [0.29, 0.717) is 101 Å². The lowest BCUT2D eigenvalue weighted by molar-refractivity contribution is -0.126. The van der Waals surface area contributed by atoms with Gasteiger partial charge in [0.1, 0.15) is 85.7 Å². The van der Waals surface area contributed by atoms with Gasteiger partial charge in [0.05, 0.1) is 53.8 Å². The Morgan fingerprint density at radius 1 is 0.433 bits per heavy atom. The molecule has 6 aliphatic rings. The number of likely N-dealkylation sites (tertiary alicyclic amines) is 3. The first-order valence-electron chi connectivity index (χ1n) is 34.1. The molecule has 6 fully saturated rings. The highest BCUT2D eigenvalue weighted by molar-refractivity contribution is 6.04. The van der Waals surface area contributed by atoms with E-state index in [4.69, 9.17) is 48.6 Å². The molecule has 27 nitrogen and oxygen atoms in total. The van der Waals surface area contributed by atoms with Crippen LogP contribution in [-0.2, 0) is 14.4 Å². The third-order valence-corrected chi connectivity index (χ3v) is 20.3. The molecule has 12 N–H and O–H groups in total. The summed E-state index contributed by atoms with van der Waals surface area (Å²) < 4.78 is 22.4. The van der Waals surface area contributed by atoms with Crippen LogP contribution in [0.3, 0.4) is 0 Å². The Kier molecular flexibility index (Phi) is 19.5. The molecule has 3 saturated carbocycles. The third-order valence-electron chi connectivity index (χ3n) is 20.3. The fourth-order valence-corrected chi connectivity index (χ4v) is 15.2. The minimum atomic E-state index is -0.653. The van der Waals surface area contributed by atoms with Crippen molar-refractivity contribution in [2.24, 2.45) is 33.4 Å². The lowest BCUT2D eigenvalue weighted by Crippen LogP contribution is -2.42. The van der Waals surface area contributed by atoms with E-state index in [1.54, 1.807) is 82.9 Å². The number of benzene rings is 3. The molecule has 0 radical (unpaired) electrons. The van der Waals surface area contributed by atoms with Crippen LogP contribution in [0.2, 0.25) is 0 Å². The highest BCUT2D eigenvalue weighted by atomic mass is 16.5. The maximum absolute atomic E-state index is 12.3. The number of pyridine rings is 3. The number of anilines is 3. The summed E-state index contributed by atoms with van der Waals surface area (Å²) in [7, 11) is 0. The lowest BCUT2D eigenvalue weighted by Gasteiger charge is -2.45. The molecular formula is C77H78N18O9. The summed E-state index contributed by atoms with van der Waals surface area (Å²) in [6.45, 7) is 11.1. The molecule has 15 rings (SSSR count). The van der Waals surface area contributed by atoms with Crippen molar-refractivity contribution in [1.82, 2.24) is 59.0 Å². The predicted molar refractivity (Wildman–Crippen MR) is 388 cm³/mol. The Morgan fingerprint density at radius 3 is 0.981 bits per heavy atom. The minimum absolute atomic E-state index is 0.0230. The van der Waals surface area contributed by atoms with Gasteiger partial charge in [-0.2, -0.15) is 15.3 Å². The van der Waals surface area contributed by atoms with Crippen LogP contribution in [0.5, 0.6) is 34.5 Å². The average molecular weight is 1400 g/mol. The van der Waals surface area contributed by atoms with Gasteiger partial charge in [0.25, 0.3) is 29.5 Å². The van der Waals surface area contributed by atoms with Crippen molar-refractivity contribution in [3.8, 4) is 92.3 Å². The Bertz CT molecular complexity index is 4670. The van der Waals surface area contributed by atoms with Crippen molar-refractivity contribution in [3.05, 3.63) is 175 Å². The van der Waals surface area contributed by atoms with E-state index in [2.05, 4.69) is 60.5 Å². The Balaban J connectivity index is 0.000000139. The molecule has 530 valence electrons. The second kappa shape index (κ2) is 29.1. The van der Waals surface area contributed by atoms with Crippen molar-refractivity contribution >= 4 is 52.9 Å². The summed E-state index contributed by atoms with van der Waals surface area (Å²) in [6.07, 6.45) is 13.8. The topological polar surface area (TPSA) is 388 Å². The van der Waals surface area contributed by atoms with Gasteiger partial charge in [0.2, 0.25) is 5.91 Å². The standard InChI is InChI=1S/2C26H26N6O3.C25H26N6O3/c2*1-2-6-21(33)31-12-11-26(16-31)13-17(14-26)32-24(27)22(25(28)34)23(30-32)20-10-9-19(15-29-20)35-18-7-4-3-5-8-18;1-2-20(32)30-11-10-25(15-30)12-16(13-25)31-23(26)21(24(27)33)22(29-31)19-9-8-18(14-28-19)34-17-6-4-3-5-7-17/h2*3-5,7-10,15,17H,11-14,16,27H2,1H3,(H2,28,34);2-9,14,16H,1,10-13,15,26H2,(H2,27,33). The maximum atomic E-state index is 12.3. The summed E-state index contributed by atoms with van der Waals surface area (Å²) in [6, 6.07) is 38.7. The number of aromatic nitrogens is 9. The third kappa shape index (κ3) is 14.3. The summed E-state index contributed by atoms with van der Waals surface area (Å²) >= 11 is 0. The fraction of sp³-hybridized carbons (Fsp3) is 0.299. The fourth-order valence-electron chi connectivity index (χ4n) is 15.2. The monoisotopic (exact) mass is 1400 g/mol. The number of ether oxygens (including phenoxy) is 3. The van der Waals surface area contributed by atoms with Gasteiger partial charge in [-0.15, -0.1) is 0 Å². The van der Waals surface area contributed by atoms with Gasteiger partial charge in [-0.05, 0) is 179 Å². The highest BCUT2D eigenvalue weighted by Crippen LogP contribution is 2.57. The zero-order valence-corrected chi connectivity index (χ0v) is 57.5. The molecule has 3 spiro atoms. The van der Waals surface area contributed by atoms with E-state index >= 15 is 0 Å². The van der Waals surface area contributed by atoms with Crippen molar-refractivity contribution in [3.63, 3.8) is 0 Å². The van der Waals surface area contributed by atoms with Crippen LogP contribution in [0.25, 0.3) is 34.2 Å². The van der Waals surface area contributed by atoms with Crippen molar-refractivity contribution in [1.29, 1.82) is 0 Å². The van der Waals surface area contributed by atoms with Crippen molar-refractivity contribution < 1.29 is 43.0 Å². The van der Waals surface area contributed by atoms with Crippen LogP contribution >= 0.6 is 0 Å². The number of rotatable bonds is 16. The molecule has 3 aliphatic heterocycles. The number of carbonyl (C=O) groups excluding carboxylic acids is 6. The molecule has 0 atom stereocenters. The molecule has 27 heteroatoms.